The predicted octanol–water partition coefficient (Wildman–Crippen LogP) is 0.233. The van der Waals surface area contributed by atoms with E-state index in [-0.39, 0.29) is 18.6 Å². The number of esters is 1. The molecule has 0 aliphatic carbocycles. The third kappa shape index (κ3) is 6.25. The Balaban J connectivity index is 1.76. The Morgan fingerprint density at radius 3 is 3.04 bits per heavy atom. The van der Waals surface area contributed by atoms with E-state index in [1.54, 1.807) is 12.1 Å². The number of carbonyl (C=O) groups is 2. The summed E-state index contributed by atoms with van der Waals surface area (Å²) in [5.41, 5.74) is 0.897. The molecule has 126 valence electrons. The summed E-state index contributed by atoms with van der Waals surface area (Å²) in [6.45, 7) is 2.29. The topological polar surface area (TPSA) is 85.9 Å². The molecule has 1 amide bonds. The first-order valence-corrected chi connectivity index (χ1v) is 7.54. The summed E-state index contributed by atoms with van der Waals surface area (Å²) in [5.74, 6) is 0.0873. The maximum absolute atomic E-state index is 11.9. The molecule has 1 saturated heterocycles. The van der Waals surface area contributed by atoms with Gasteiger partial charge in [-0.3, -0.25) is 4.79 Å². The highest BCUT2D eigenvalue weighted by Crippen LogP contribution is 2.13. The zero-order valence-electron chi connectivity index (χ0n) is 13.2. The normalized spacial score (nSPS) is 17.3. The van der Waals surface area contributed by atoms with E-state index in [4.69, 9.17) is 9.47 Å². The number of ether oxygens (including phenoxy) is 3. The van der Waals surface area contributed by atoms with Crippen LogP contribution in [0.5, 0.6) is 5.75 Å². The van der Waals surface area contributed by atoms with Crippen molar-refractivity contribution < 1.29 is 23.8 Å². The highest BCUT2D eigenvalue weighted by molar-refractivity contribution is 5.76. The van der Waals surface area contributed by atoms with E-state index in [9.17, 15) is 9.59 Å². The van der Waals surface area contributed by atoms with Gasteiger partial charge in [0.25, 0.3) is 0 Å². The largest absolute Gasteiger partial charge is 0.482 e. The molecule has 0 saturated carbocycles. The van der Waals surface area contributed by atoms with Crippen LogP contribution in [0.4, 0.5) is 0 Å². The molecule has 1 aliphatic rings. The van der Waals surface area contributed by atoms with E-state index >= 15 is 0 Å². The molecule has 1 aromatic carbocycles. The SMILES string of the molecule is COC(=O)COc1cccc(CNC(=O)CC2COCCN2)c1. The van der Waals surface area contributed by atoms with Crippen LogP contribution in [0.3, 0.4) is 0 Å². The number of methoxy groups -OCH3 is 1. The van der Waals surface area contributed by atoms with E-state index in [1.807, 2.05) is 12.1 Å². The summed E-state index contributed by atoms with van der Waals surface area (Å²) in [6.07, 6.45) is 0.387. The first kappa shape index (κ1) is 17.2. The fourth-order valence-electron chi connectivity index (χ4n) is 2.19. The number of nitrogens with one attached hydrogen (secondary N) is 2. The number of rotatable bonds is 7. The number of hydrogen-bond donors (Lipinski definition) is 2. The van der Waals surface area contributed by atoms with E-state index in [1.165, 1.54) is 7.11 Å². The van der Waals surface area contributed by atoms with E-state index < -0.39 is 5.97 Å². The minimum absolute atomic E-state index is 0.0334. The molecular weight excluding hydrogens is 300 g/mol. The zero-order chi connectivity index (χ0) is 16.5. The van der Waals surface area contributed by atoms with Gasteiger partial charge in [0.1, 0.15) is 5.75 Å². The minimum Gasteiger partial charge on any atom is -0.482 e. The maximum Gasteiger partial charge on any atom is 0.343 e. The molecule has 23 heavy (non-hydrogen) atoms. The molecule has 2 rings (SSSR count). The smallest absolute Gasteiger partial charge is 0.343 e. The highest BCUT2D eigenvalue weighted by atomic mass is 16.6. The van der Waals surface area contributed by atoms with E-state index in [0.717, 1.165) is 12.1 Å². The van der Waals surface area contributed by atoms with Gasteiger partial charge in [-0.2, -0.15) is 0 Å². The summed E-state index contributed by atoms with van der Waals surface area (Å²) in [4.78, 5) is 23.0. The lowest BCUT2D eigenvalue weighted by atomic mass is 10.1. The Morgan fingerprint density at radius 1 is 1.43 bits per heavy atom. The van der Waals surface area contributed by atoms with Crippen LogP contribution in [0.15, 0.2) is 24.3 Å². The minimum atomic E-state index is -0.439. The number of carbonyl (C=O) groups excluding carboxylic acids is 2. The molecule has 1 aromatic rings. The molecule has 1 fully saturated rings. The van der Waals surface area contributed by atoms with Crippen LogP contribution in [0.25, 0.3) is 0 Å². The average Bonchev–Trinajstić information content (AvgIpc) is 2.59. The fourth-order valence-corrected chi connectivity index (χ4v) is 2.19. The molecule has 1 unspecified atom stereocenters. The predicted molar refractivity (Wildman–Crippen MR) is 83.0 cm³/mol. The second-order valence-electron chi connectivity index (χ2n) is 5.22. The van der Waals surface area contributed by atoms with Crippen molar-refractivity contribution in [2.45, 2.75) is 19.0 Å². The van der Waals surface area contributed by atoms with Gasteiger partial charge in [-0.1, -0.05) is 12.1 Å². The lowest BCUT2D eigenvalue weighted by Crippen LogP contribution is -2.44. The summed E-state index contributed by atoms with van der Waals surface area (Å²) in [6, 6.07) is 7.29. The molecule has 7 nitrogen and oxygen atoms in total. The summed E-state index contributed by atoms with van der Waals surface area (Å²) in [5, 5.41) is 6.11. The van der Waals surface area contributed by atoms with Crippen LogP contribution in [-0.2, 0) is 25.6 Å². The lowest BCUT2D eigenvalue weighted by Gasteiger charge is -2.23. The van der Waals surface area contributed by atoms with Crippen molar-refractivity contribution in [1.29, 1.82) is 0 Å². The molecule has 1 heterocycles. The first-order chi connectivity index (χ1) is 11.2. The van der Waals surface area contributed by atoms with Gasteiger partial charge in [0, 0.05) is 25.6 Å². The molecule has 2 N–H and O–H groups in total. The standard InChI is InChI=1S/C16H22N2O5/c1-21-16(20)11-23-14-4-2-3-12(7-14)9-18-15(19)8-13-10-22-6-5-17-13/h2-4,7,13,17H,5-6,8-11H2,1H3,(H,18,19). The molecule has 1 aliphatic heterocycles. The van der Waals surface area contributed by atoms with Crippen LogP contribution in [0.1, 0.15) is 12.0 Å². The molecule has 1 atom stereocenters. The van der Waals surface area contributed by atoms with Crippen molar-refractivity contribution >= 4 is 11.9 Å². The fraction of sp³-hybridized carbons (Fsp3) is 0.500. The molecule has 7 heteroatoms. The van der Waals surface area contributed by atoms with Gasteiger partial charge < -0.3 is 24.8 Å². The second kappa shape index (κ2) is 9.12. The lowest BCUT2D eigenvalue weighted by molar-refractivity contribution is -0.142. The van der Waals surface area contributed by atoms with Crippen molar-refractivity contribution in [3.63, 3.8) is 0 Å². The highest BCUT2D eigenvalue weighted by Gasteiger charge is 2.16. The van der Waals surface area contributed by atoms with Gasteiger partial charge in [-0.15, -0.1) is 0 Å². The number of morpholine rings is 1. The van der Waals surface area contributed by atoms with Gasteiger partial charge in [0.05, 0.1) is 20.3 Å². The van der Waals surface area contributed by atoms with Crippen LogP contribution < -0.4 is 15.4 Å². The van der Waals surface area contributed by atoms with Crippen LogP contribution in [0, 0.1) is 0 Å². The number of benzene rings is 1. The van der Waals surface area contributed by atoms with Gasteiger partial charge in [0.15, 0.2) is 6.61 Å². The third-order valence-electron chi connectivity index (χ3n) is 3.40. The Morgan fingerprint density at radius 2 is 2.30 bits per heavy atom. The Bertz CT molecular complexity index is 529. The van der Waals surface area contributed by atoms with Crippen LogP contribution in [0.2, 0.25) is 0 Å². The van der Waals surface area contributed by atoms with Crippen LogP contribution >= 0.6 is 0 Å². The monoisotopic (exact) mass is 322 g/mol. The van der Waals surface area contributed by atoms with Gasteiger partial charge in [-0.05, 0) is 17.7 Å². The molecule has 0 bridgehead atoms. The Kier molecular flexibility index (Phi) is 6.83. The summed E-state index contributed by atoms with van der Waals surface area (Å²) in [7, 11) is 1.31. The zero-order valence-corrected chi connectivity index (χ0v) is 13.2. The van der Waals surface area contributed by atoms with Crippen molar-refractivity contribution in [3.8, 4) is 5.75 Å². The number of hydrogen-bond acceptors (Lipinski definition) is 6. The van der Waals surface area contributed by atoms with Gasteiger partial charge >= 0.3 is 5.97 Å². The second-order valence-corrected chi connectivity index (χ2v) is 5.22. The van der Waals surface area contributed by atoms with Crippen molar-refractivity contribution in [3.05, 3.63) is 29.8 Å². The van der Waals surface area contributed by atoms with Crippen molar-refractivity contribution in [2.75, 3.05) is 33.5 Å². The average molecular weight is 322 g/mol. The third-order valence-corrected chi connectivity index (χ3v) is 3.40. The van der Waals surface area contributed by atoms with Gasteiger partial charge in [0.2, 0.25) is 5.91 Å². The van der Waals surface area contributed by atoms with Crippen molar-refractivity contribution in [2.24, 2.45) is 0 Å². The van der Waals surface area contributed by atoms with Gasteiger partial charge in [-0.25, -0.2) is 4.79 Å². The Labute approximate surface area is 135 Å². The first-order valence-electron chi connectivity index (χ1n) is 7.54. The summed E-state index contributed by atoms with van der Waals surface area (Å²) >= 11 is 0. The molecular formula is C16H22N2O5. The van der Waals surface area contributed by atoms with Crippen molar-refractivity contribution in [1.82, 2.24) is 10.6 Å². The molecule has 0 aromatic heterocycles. The van der Waals surface area contributed by atoms with E-state index in [0.29, 0.717) is 31.9 Å². The van der Waals surface area contributed by atoms with Crippen LogP contribution in [-0.4, -0.2) is 51.4 Å². The quantitative estimate of drug-likeness (QED) is 0.699. The van der Waals surface area contributed by atoms with E-state index in [2.05, 4.69) is 15.4 Å². The maximum atomic E-state index is 11.9. The molecule has 0 radical (unpaired) electrons. The molecule has 0 spiro atoms. The summed E-state index contributed by atoms with van der Waals surface area (Å²) < 4.78 is 15.2. The Hall–Kier alpha value is -2.12. The number of amides is 1.